The summed E-state index contributed by atoms with van der Waals surface area (Å²) in [6.07, 6.45) is 0. The molecule has 150 valence electrons. The Morgan fingerprint density at radius 1 is 1.18 bits per heavy atom. The molecule has 0 unspecified atom stereocenters. The fraction of sp³-hybridized carbons (Fsp3) is 0.350. The molecular weight excluding hydrogens is 380 g/mol. The number of carbonyl (C=O) groups is 3. The minimum absolute atomic E-state index is 0.0603. The van der Waals surface area contributed by atoms with Crippen LogP contribution in [-0.2, 0) is 4.74 Å². The number of benzene rings is 1. The molecule has 2 N–H and O–H groups in total. The second kappa shape index (κ2) is 9.36. The lowest BCUT2D eigenvalue weighted by atomic mass is 10.1. The number of anilines is 1. The molecule has 2 aromatic rings. The van der Waals surface area contributed by atoms with E-state index in [2.05, 4.69) is 10.6 Å². The first-order valence-corrected chi connectivity index (χ1v) is 9.66. The number of hydrogen-bond acceptors (Lipinski definition) is 6. The number of thiophene rings is 1. The molecule has 0 aliphatic heterocycles. The molecule has 0 saturated heterocycles. The van der Waals surface area contributed by atoms with Gasteiger partial charge in [0.25, 0.3) is 11.8 Å². The minimum atomic E-state index is -0.583. The van der Waals surface area contributed by atoms with Gasteiger partial charge in [0.05, 0.1) is 24.2 Å². The van der Waals surface area contributed by atoms with Gasteiger partial charge in [0.1, 0.15) is 10.8 Å². The van der Waals surface area contributed by atoms with E-state index in [4.69, 9.17) is 9.47 Å². The zero-order valence-corrected chi connectivity index (χ0v) is 17.4. The van der Waals surface area contributed by atoms with Gasteiger partial charge in [-0.2, -0.15) is 0 Å². The van der Waals surface area contributed by atoms with Gasteiger partial charge in [0, 0.05) is 11.6 Å². The predicted molar refractivity (Wildman–Crippen MR) is 109 cm³/mol. The van der Waals surface area contributed by atoms with Gasteiger partial charge >= 0.3 is 5.97 Å². The molecule has 1 aromatic carbocycles. The fourth-order valence-corrected chi connectivity index (χ4v) is 3.63. The van der Waals surface area contributed by atoms with Crippen molar-refractivity contribution in [3.8, 4) is 5.75 Å². The van der Waals surface area contributed by atoms with Crippen molar-refractivity contribution in [1.29, 1.82) is 0 Å². The molecule has 0 aliphatic carbocycles. The first kappa shape index (κ1) is 21.4. The van der Waals surface area contributed by atoms with Crippen LogP contribution in [0.1, 0.15) is 56.7 Å². The first-order valence-electron chi connectivity index (χ1n) is 8.85. The van der Waals surface area contributed by atoms with E-state index < -0.39 is 11.9 Å². The summed E-state index contributed by atoms with van der Waals surface area (Å²) in [5.41, 5.74) is 1.04. The number of amides is 2. The highest BCUT2D eigenvalue weighted by Gasteiger charge is 2.27. The summed E-state index contributed by atoms with van der Waals surface area (Å²) in [6, 6.07) is 6.59. The van der Waals surface area contributed by atoms with Gasteiger partial charge in [0.2, 0.25) is 0 Å². The van der Waals surface area contributed by atoms with Crippen LogP contribution in [0.2, 0.25) is 0 Å². The topological polar surface area (TPSA) is 93.7 Å². The number of ether oxygens (including phenoxy) is 2. The molecule has 0 spiro atoms. The molecule has 0 radical (unpaired) electrons. The maximum Gasteiger partial charge on any atom is 0.341 e. The predicted octanol–water partition coefficient (Wildman–Crippen LogP) is 3.63. The number of esters is 1. The van der Waals surface area contributed by atoms with Crippen LogP contribution in [0.3, 0.4) is 0 Å². The second-order valence-corrected chi connectivity index (χ2v) is 7.32. The largest absolute Gasteiger partial charge is 0.497 e. The number of nitrogens with one attached hydrogen (secondary N) is 2. The maximum absolute atomic E-state index is 12.7. The smallest absolute Gasteiger partial charge is 0.341 e. The van der Waals surface area contributed by atoms with Crippen molar-refractivity contribution in [2.24, 2.45) is 0 Å². The standard InChI is InChI=1S/C20H24N2O5S/c1-6-27-20(25)15-12(4)16(18(24)21-11(2)3)28-19(15)22-17(23)13-8-7-9-14(10-13)26-5/h7-11H,6H2,1-5H3,(H,21,24)(H,22,23). The lowest BCUT2D eigenvalue weighted by Gasteiger charge is -2.08. The van der Waals surface area contributed by atoms with Crippen molar-refractivity contribution in [3.05, 3.63) is 45.8 Å². The van der Waals surface area contributed by atoms with E-state index in [1.165, 1.54) is 7.11 Å². The Bertz CT molecular complexity index is 889. The summed E-state index contributed by atoms with van der Waals surface area (Å²) in [7, 11) is 1.51. The number of carbonyl (C=O) groups excluding carboxylic acids is 3. The third-order valence-corrected chi connectivity index (χ3v) is 5.02. The van der Waals surface area contributed by atoms with Crippen molar-refractivity contribution < 1.29 is 23.9 Å². The molecule has 0 aliphatic rings. The average Bonchev–Trinajstić information content (AvgIpc) is 2.97. The van der Waals surface area contributed by atoms with Gasteiger partial charge in [-0.25, -0.2) is 4.79 Å². The van der Waals surface area contributed by atoms with Crippen molar-refractivity contribution in [2.45, 2.75) is 33.7 Å². The highest BCUT2D eigenvalue weighted by Crippen LogP contribution is 2.34. The Morgan fingerprint density at radius 3 is 2.50 bits per heavy atom. The Hall–Kier alpha value is -2.87. The van der Waals surface area contributed by atoms with Crippen molar-refractivity contribution in [2.75, 3.05) is 19.0 Å². The summed E-state index contributed by atoms with van der Waals surface area (Å²) in [5.74, 6) is -0.759. The molecule has 8 heteroatoms. The molecule has 2 amide bonds. The third-order valence-electron chi connectivity index (χ3n) is 3.81. The van der Waals surface area contributed by atoms with Crippen molar-refractivity contribution >= 4 is 34.1 Å². The van der Waals surface area contributed by atoms with E-state index in [0.29, 0.717) is 21.8 Å². The molecule has 0 atom stereocenters. The molecule has 1 aromatic heterocycles. The molecular formula is C20H24N2O5S. The summed E-state index contributed by atoms with van der Waals surface area (Å²) in [6.45, 7) is 7.24. The van der Waals surface area contributed by atoms with Crippen LogP contribution < -0.4 is 15.4 Å². The molecule has 2 rings (SSSR count). The van der Waals surface area contributed by atoms with Gasteiger partial charge in [-0.3, -0.25) is 9.59 Å². The SMILES string of the molecule is CCOC(=O)c1c(NC(=O)c2cccc(OC)c2)sc(C(=O)NC(C)C)c1C. The zero-order valence-electron chi connectivity index (χ0n) is 16.5. The highest BCUT2D eigenvalue weighted by atomic mass is 32.1. The summed E-state index contributed by atoms with van der Waals surface area (Å²) in [4.78, 5) is 38.0. The lowest BCUT2D eigenvalue weighted by molar-refractivity contribution is 0.0527. The van der Waals surface area contributed by atoms with Crippen LogP contribution in [0.4, 0.5) is 5.00 Å². The number of methoxy groups -OCH3 is 1. The van der Waals surface area contributed by atoms with Crippen molar-refractivity contribution in [1.82, 2.24) is 5.32 Å². The fourth-order valence-electron chi connectivity index (χ4n) is 2.53. The van der Waals surface area contributed by atoms with Gasteiger partial charge in [-0.05, 0) is 51.5 Å². The zero-order chi connectivity index (χ0) is 20.8. The van der Waals surface area contributed by atoms with E-state index in [9.17, 15) is 14.4 Å². The van der Waals surface area contributed by atoms with E-state index in [1.807, 2.05) is 13.8 Å². The molecule has 0 bridgehead atoms. The van der Waals surface area contributed by atoms with Gasteiger partial charge in [0.15, 0.2) is 0 Å². The maximum atomic E-state index is 12.7. The van der Waals surface area contributed by atoms with Gasteiger partial charge in [-0.15, -0.1) is 11.3 Å². The first-order chi connectivity index (χ1) is 13.3. The van der Waals surface area contributed by atoms with Crippen LogP contribution in [-0.4, -0.2) is 37.5 Å². The Kier molecular flexibility index (Phi) is 7.17. The Labute approximate surface area is 168 Å². The minimum Gasteiger partial charge on any atom is -0.497 e. The Morgan fingerprint density at radius 2 is 1.89 bits per heavy atom. The molecule has 1 heterocycles. The van der Waals surface area contributed by atoms with E-state index in [1.54, 1.807) is 38.1 Å². The Balaban J connectivity index is 2.41. The number of rotatable bonds is 7. The van der Waals surface area contributed by atoms with E-state index in [0.717, 1.165) is 11.3 Å². The summed E-state index contributed by atoms with van der Waals surface area (Å²) in [5, 5.41) is 5.81. The average molecular weight is 404 g/mol. The van der Waals surface area contributed by atoms with Crippen LogP contribution >= 0.6 is 11.3 Å². The molecule has 28 heavy (non-hydrogen) atoms. The third kappa shape index (κ3) is 4.89. The van der Waals surface area contributed by atoms with Crippen LogP contribution in [0.5, 0.6) is 5.75 Å². The van der Waals surface area contributed by atoms with Crippen LogP contribution in [0, 0.1) is 6.92 Å². The molecule has 7 nitrogen and oxygen atoms in total. The van der Waals surface area contributed by atoms with Crippen LogP contribution in [0.15, 0.2) is 24.3 Å². The highest BCUT2D eigenvalue weighted by molar-refractivity contribution is 7.18. The van der Waals surface area contributed by atoms with Crippen LogP contribution in [0.25, 0.3) is 0 Å². The normalized spacial score (nSPS) is 10.5. The van der Waals surface area contributed by atoms with E-state index >= 15 is 0 Å². The van der Waals surface area contributed by atoms with Crippen molar-refractivity contribution in [3.63, 3.8) is 0 Å². The second-order valence-electron chi connectivity index (χ2n) is 6.30. The molecule has 0 saturated carbocycles. The summed E-state index contributed by atoms with van der Waals surface area (Å²) >= 11 is 1.05. The van der Waals surface area contributed by atoms with Gasteiger partial charge < -0.3 is 20.1 Å². The van der Waals surface area contributed by atoms with E-state index in [-0.39, 0.29) is 29.1 Å². The lowest BCUT2D eigenvalue weighted by Crippen LogP contribution is -2.29. The summed E-state index contributed by atoms with van der Waals surface area (Å²) < 4.78 is 10.2. The number of hydrogen-bond donors (Lipinski definition) is 2. The van der Waals surface area contributed by atoms with Gasteiger partial charge in [-0.1, -0.05) is 6.07 Å². The monoisotopic (exact) mass is 404 g/mol. The molecule has 0 fully saturated rings. The quantitative estimate of drug-likeness (QED) is 0.687.